The van der Waals surface area contributed by atoms with Gasteiger partial charge in [-0.1, -0.05) is 68.3 Å². The predicted molar refractivity (Wildman–Crippen MR) is 128 cm³/mol. The number of likely N-dealkylation sites (N-methyl/N-ethyl adjacent to an activating group) is 1. The Labute approximate surface area is 200 Å². The molecular formula is C27H32N2O5. The van der Waals surface area contributed by atoms with E-state index in [0.29, 0.717) is 18.9 Å². The number of nitrogens with zero attached hydrogens (tertiary/aromatic N) is 1. The van der Waals surface area contributed by atoms with Crippen molar-refractivity contribution >= 4 is 18.0 Å². The Bertz CT molecular complexity index is 1020. The maximum Gasteiger partial charge on any atom is 0.407 e. The molecule has 7 heteroatoms. The molecule has 2 atom stereocenters. The number of carboxylic acid groups (broad SMARTS) is 1. The summed E-state index contributed by atoms with van der Waals surface area (Å²) in [7, 11) is 0. The van der Waals surface area contributed by atoms with Gasteiger partial charge in [0, 0.05) is 19.0 Å². The third-order valence-electron chi connectivity index (χ3n) is 6.81. The Morgan fingerprint density at radius 1 is 1.06 bits per heavy atom. The molecule has 2 amide bonds. The summed E-state index contributed by atoms with van der Waals surface area (Å²) in [6.45, 7) is 4.06. The summed E-state index contributed by atoms with van der Waals surface area (Å²) < 4.78 is 5.64. The molecule has 0 aromatic heterocycles. The maximum absolute atomic E-state index is 13.2. The molecule has 34 heavy (non-hydrogen) atoms. The van der Waals surface area contributed by atoms with E-state index in [-0.39, 0.29) is 25.0 Å². The molecule has 1 saturated carbocycles. The molecule has 0 saturated heterocycles. The molecule has 1 fully saturated rings. The van der Waals surface area contributed by atoms with Gasteiger partial charge in [-0.25, -0.2) is 4.79 Å². The summed E-state index contributed by atoms with van der Waals surface area (Å²) in [6.07, 6.45) is 1.99. The largest absolute Gasteiger partial charge is 0.481 e. The highest BCUT2D eigenvalue weighted by Crippen LogP contribution is 2.44. The summed E-state index contributed by atoms with van der Waals surface area (Å²) in [5.41, 5.74) is 4.56. The lowest BCUT2D eigenvalue weighted by Crippen LogP contribution is -2.50. The van der Waals surface area contributed by atoms with E-state index in [1.165, 1.54) is 4.90 Å². The number of nitrogens with one attached hydrogen (secondary N) is 1. The van der Waals surface area contributed by atoms with E-state index in [0.717, 1.165) is 35.1 Å². The Hall–Kier alpha value is -3.35. The number of carbonyl (C=O) groups excluding carboxylic acids is 2. The lowest BCUT2D eigenvalue weighted by atomic mass is 9.98. The van der Waals surface area contributed by atoms with Crippen LogP contribution in [-0.2, 0) is 14.3 Å². The summed E-state index contributed by atoms with van der Waals surface area (Å²) in [6, 6.07) is 15.5. The molecule has 180 valence electrons. The van der Waals surface area contributed by atoms with Gasteiger partial charge in [0.1, 0.15) is 12.6 Å². The highest BCUT2D eigenvalue weighted by atomic mass is 16.5. The van der Waals surface area contributed by atoms with Crippen molar-refractivity contribution in [1.29, 1.82) is 0 Å². The fourth-order valence-corrected chi connectivity index (χ4v) is 4.69. The third-order valence-corrected chi connectivity index (χ3v) is 6.81. The Morgan fingerprint density at radius 3 is 2.18 bits per heavy atom. The van der Waals surface area contributed by atoms with Crippen LogP contribution >= 0.6 is 0 Å². The Morgan fingerprint density at radius 2 is 1.65 bits per heavy atom. The minimum atomic E-state index is -0.950. The number of hydrogen-bond donors (Lipinski definition) is 2. The maximum atomic E-state index is 13.2. The molecule has 2 aromatic carbocycles. The molecule has 1 unspecified atom stereocenters. The molecule has 2 aliphatic carbocycles. The van der Waals surface area contributed by atoms with Gasteiger partial charge in [0.15, 0.2) is 0 Å². The number of fused-ring (bicyclic) bond motifs is 3. The molecule has 2 aromatic rings. The van der Waals surface area contributed by atoms with Gasteiger partial charge in [-0.3, -0.25) is 9.59 Å². The van der Waals surface area contributed by atoms with E-state index >= 15 is 0 Å². The van der Waals surface area contributed by atoms with E-state index in [2.05, 4.69) is 29.6 Å². The topological polar surface area (TPSA) is 95.9 Å². The molecule has 0 heterocycles. The number of alkyl carbamates (subject to hydrolysis) is 1. The van der Waals surface area contributed by atoms with Gasteiger partial charge in [-0.05, 0) is 41.5 Å². The first-order valence-electron chi connectivity index (χ1n) is 12.0. The van der Waals surface area contributed by atoms with Crippen molar-refractivity contribution in [3.8, 4) is 11.1 Å². The fourth-order valence-electron chi connectivity index (χ4n) is 4.69. The standard InChI is InChI=1S/C27H32N2O5/c1-3-29(15-17(2)26(31)32)25(30)24(14-18-12-13-18)28-27(33)34-16-23-21-10-6-4-8-19(21)20-9-5-7-11-22(20)23/h4-11,17-18,23-24H,3,12-16H2,1-2H3,(H,28,33)(H,31,32)/t17?,24-/m0/s1. The number of carboxylic acids is 1. The number of carbonyl (C=O) groups is 3. The van der Waals surface area contributed by atoms with E-state index in [9.17, 15) is 19.5 Å². The van der Waals surface area contributed by atoms with Crippen LogP contribution in [0.1, 0.15) is 50.2 Å². The molecule has 2 aliphatic rings. The lowest BCUT2D eigenvalue weighted by molar-refractivity contribution is -0.143. The second-order valence-corrected chi connectivity index (χ2v) is 9.32. The SMILES string of the molecule is CCN(CC(C)C(=O)O)C(=O)[C@H](CC1CC1)NC(=O)OCC1c2ccccc2-c2ccccc21. The van der Waals surface area contributed by atoms with Crippen molar-refractivity contribution in [1.82, 2.24) is 10.2 Å². The molecular weight excluding hydrogens is 432 g/mol. The fraction of sp³-hybridized carbons (Fsp3) is 0.444. The van der Waals surface area contributed by atoms with Gasteiger partial charge in [0.05, 0.1) is 5.92 Å². The van der Waals surface area contributed by atoms with Crippen LogP contribution in [0.2, 0.25) is 0 Å². The molecule has 0 spiro atoms. The summed E-state index contributed by atoms with van der Waals surface area (Å²) in [5, 5.41) is 12.0. The molecule has 4 rings (SSSR count). The van der Waals surface area contributed by atoms with Crippen LogP contribution < -0.4 is 5.32 Å². The van der Waals surface area contributed by atoms with Gasteiger partial charge in [0.25, 0.3) is 0 Å². The lowest BCUT2D eigenvalue weighted by Gasteiger charge is -2.28. The van der Waals surface area contributed by atoms with Crippen molar-refractivity contribution in [3.05, 3.63) is 59.7 Å². The minimum absolute atomic E-state index is 0.0562. The zero-order chi connectivity index (χ0) is 24.2. The number of ether oxygens (including phenoxy) is 1. The van der Waals surface area contributed by atoms with Crippen LogP contribution in [0.3, 0.4) is 0 Å². The monoisotopic (exact) mass is 464 g/mol. The number of aliphatic carboxylic acids is 1. The molecule has 0 radical (unpaired) electrons. The third kappa shape index (κ3) is 5.24. The van der Waals surface area contributed by atoms with Gasteiger partial charge in [-0.15, -0.1) is 0 Å². The van der Waals surface area contributed by atoms with Crippen molar-refractivity contribution < 1.29 is 24.2 Å². The van der Waals surface area contributed by atoms with Crippen LogP contribution in [-0.4, -0.2) is 53.7 Å². The van der Waals surface area contributed by atoms with Crippen LogP contribution in [0.5, 0.6) is 0 Å². The van der Waals surface area contributed by atoms with Crippen LogP contribution in [0.4, 0.5) is 4.79 Å². The first-order valence-corrected chi connectivity index (χ1v) is 12.0. The zero-order valence-corrected chi connectivity index (χ0v) is 19.7. The van der Waals surface area contributed by atoms with Crippen LogP contribution in [0.25, 0.3) is 11.1 Å². The quantitative estimate of drug-likeness (QED) is 0.548. The van der Waals surface area contributed by atoms with Gasteiger partial charge >= 0.3 is 12.1 Å². The molecule has 0 bridgehead atoms. The molecule has 7 nitrogen and oxygen atoms in total. The van der Waals surface area contributed by atoms with Crippen molar-refractivity contribution in [3.63, 3.8) is 0 Å². The van der Waals surface area contributed by atoms with E-state index < -0.39 is 24.0 Å². The minimum Gasteiger partial charge on any atom is -0.481 e. The van der Waals surface area contributed by atoms with Crippen molar-refractivity contribution in [2.24, 2.45) is 11.8 Å². The summed E-state index contributed by atoms with van der Waals surface area (Å²) >= 11 is 0. The highest BCUT2D eigenvalue weighted by molar-refractivity contribution is 5.86. The smallest absolute Gasteiger partial charge is 0.407 e. The number of rotatable bonds is 10. The van der Waals surface area contributed by atoms with Gasteiger partial charge < -0.3 is 20.1 Å². The van der Waals surface area contributed by atoms with E-state index in [1.54, 1.807) is 6.92 Å². The average Bonchev–Trinajstić information content (AvgIpc) is 3.60. The first kappa shape index (κ1) is 23.8. The zero-order valence-electron chi connectivity index (χ0n) is 19.7. The molecule has 0 aliphatic heterocycles. The predicted octanol–water partition coefficient (Wildman–Crippen LogP) is 4.26. The molecule has 2 N–H and O–H groups in total. The average molecular weight is 465 g/mol. The Kier molecular flexibility index (Phi) is 7.20. The normalized spacial score (nSPS) is 16.2. The second kappa shape index (κ2) is 10.3. The number of benzene rings is 2. The van der Waals surface area contributed by atoms with Crippen molar-refractivity contribution in [2.45, 2.75) is 45.1 Å². The highest BCUT2D eigenvalue weighted by Gasteiger charge is 2.34. The Balaban J connectivity index is 1.42. The van der Waals surface area contributed by atoms with Gasteiger partial charge in [-0.2, -0.15) is 0 Å². The van der Waals surface area contributed by atoms with Crippen LogP contribution in [0.15, 0.2) is 48.5 Å². The summed E-state index contributed by atoms with van der Waals surface area (Å²) in [4.78, 5) is 38.7. The van der Waals surface area contributed by atoms with E-state index in [1.807, 2.05) is 31.2 Å². The van der Waals surface area contributed by atoms with Crippen LogP contribution in [0, 0.1) is 11.8 Å². The number of hydrogen-bond acceptors (Lipinski definition) is 4. The number of amides is 2. The second-order valence-electron chi connectivity index (χ2n) is 9.32. The van der Waals surface area contributed by atoms with Crippen molar-refractivity contribution in [2.75, 3.05) is 19.7 Å². The summed E-state index contributed by atoms with van der Waals surface area (Å²) in [5.74, 6) is -1.54. The first-order chi connectivity index (χ1) is 16.4. The van der Waals surface area contributed by atoms with Gasteiger partial charge in [0.2, 0.25) is 5.91 Å². The van der Waals surface area contributed by atoms with E-state index in [4.69, 9.17) is 4.74 Å².